The summed E-state index contributed by atoms with van der Waals surface area (Å²) in [6, 6.07) is 0. The normalized spacial score (nSPS) is 12.5. The average Bonchev–Trinajstić information content (AvgIpc) is 2.23. The molecular weight excluding hydrogens is 188 g/mol. The fraction of sp³-hybridized carbons (Fsp3) is 0.923. The number of ether oxygens (including phenoxy) is 1. The third kappa shape index (κ3) is 9.77. The van der Waals surface area contributed by atoms with E-state index in [1.54, 1.807) is 0 Å². The number of hydrogen-bond donors (Lipinski definition) is 0. The average molecular weight is 214 g/mol. The first-order valence-corrected chi connectivity index (χ1v) is 6.40. The molecular formula is C13H26O2. The van der Waals surface area contributed by atoms with E-state index in [1.165, 1.54) is 38.5 Å². The summed E-state index contributed by atoms with van der Waals surface area (Å²) in [5.41, 5.74) is 0. The molecule has 2 heteroatoms. The minimum Gasteiger partial charge on any atom is -0.463 e. The molecule has 0 fully saturated rings. The van der Waals surface area contributed by atoms with Crippen molar-refractivity contribution >= 4 is 5.97 Å². The molecule has 15 heavy (non-hydrogen) atoms. The van der Waals surface area contributed by atoms with Crippen molar-refractivity contribution in [2.45, 2.75) is 78.2 Å². The van der Waals surface area contributed by atoms with Crippen LogP contribution < -0.4 is 0 Å². The van der Waals surface area contributed by atoms with Gasteiger partial charge in [0.2, 0.25) is 0 Å². The Hall–Kier alpha value is -0.530. The molecule has 90 valence electrons. The Kier molecular flexibility index (Phi) is 9.65. The van der Waals surface area contributed by atoms with Crippen LogP contribution in [0.15, 0.2) is 0 Å². The summed E-state index contributed by atoms with van der Waals surface area (Å²) in [4.78, 5) is 11.0. The van der Waals surface area contributed by atoms with Crippen molar-refractivity contribution < 1.29 is 9.53 Å². The van der Waals surface area contributed by atoms with Crippen LogP contribution >= 0.6 is 0 Å². The lowest BCUT2D eigenvalue weighted by molar-refractivity contribution is -0.148. The molecule has 1 unspecified atom stereocenters. The molecule has 1 atom stereocenters. The monoisotopic (exact) mass is 214 g/mol. The zero-order valence-corrected chi connectivity index (χ0v) is 10.6. The molecule has 0 bridgehead atoms. The van der Waals surface area contributed by atoms with Gasteiger partial charge in [0.05, 0.1) is 6.10 Å². The number of carbonyl (C=O) groups is 1. The predicted molar refractivity (Wildman–Crippen MR) is 63.8 cm³/mol. The summed E-state index contributed by atoms with van der Waals surface area (Å²) in [5.74, 6) is -0.0755. The van der Waals surface area contributed by atoms with Crippen molar-refractivity contribution in [1.82, 2.24) is 0 Å². The minimum absolute atomic E-state index is 0.0755. The Morgan fingerprint density at radius 2 is 1.67 bits per heavy atom. The second kappa shape index (κ2) is 10.0. The molecule has 0 N–H and O–H groups in total. The molecule has 0 aliphatic carbocycles. The Labute approximate surface area is 94.4 Å². The molecule has 2 nitrogen and oxygen atoms in total. The third-order valence-electron chi connectivity index (χ3n) is 2.59. The molecule has 0 aliphatic heterocycles. The summed E-state index contributed by atoms with van der Waals surface area (Å²) < 4.78 is 5.19. The van der Waals surface area contributed by atoms with Crippen LogP contribution in [0.2, 0.25) is 0 Å². The van der Waals surface area contributed by atoms with Gasteiger partial charge in [-0.05, 0) is 19.8 Å². The highest BCUT2D eigenvalue weighted by Gasteiger charge is 2.06. The van der Waals surface area contributed by atoms with Crippen molar-refractivity contribution in [3.8, 4) is 0 Å². The molecule has 0 aromatic carbocycles. The zero-order valence-electron chi connectivity index (χ0n) is 10.6. The molecule has 0 aliphatic rings. The van der Waals surface area contributed by atoms with Gasteiger partial charge in [0.25, 0.3) is 0 Å². The van der Waals surface area contributed by atoms with E-state index in [4.69, 9.17) is 4.74 Å². The van der Waals surface area contributed by atoms with Crippen molar-refractivity contribution in [3.63, 3.8) is 0 Å². The molecule has 0 amide bonds. The summed E-state index contributed by atoms with van der Waals surface area (Å²) in [7, 11) is 0. The molecule has 0 saturated carbocycles. The molecule has 0 saturated heterocycles. The molecule has 0 radical (unpaired) electrons. The van der Waals surface area contributed by atoms with E-state index in [1.807, 2.05) is 13.8 Å². The standard InChI is InChI=1S/C13H26O2/c1-4-6-7-8-9-10-11-12(3)15-13(14)5-2/h12H,4-11H2,1-3H3. The first-order chi connectivity index (χ1) is 7.20. The van der Waals surface area contributed by atoms with Gasteiger partial charge < -0.3 is 4.74 Å². The van der Waals surface area contributed by atoms with E-state index < -0.39 is 0 Å². The Balaban J connectivity index is 3.23. The first-order valence-electron chi connectivity index (χ1n) is 6.40. The number of esters is 1. The summed E-state index contributed by atoms with van der Waals surface area (Å²) in [6.07, 6.45) is 9.37. The van der Waals surface area contributed by atoms with Crippen molar-refractivity contribution in [1.29, 1.82) is 0 Å². The van der Waals surface area contributed by atoms with Crippen molar-refractivity contribution in [3.05, 3.63) is 0 Å². The second-order valence-corrected chi connectivity index (χ2v) is 4.21. The quantitative estimate of drug-likeness (QED) is 0.427. The van der Waals surface area contributed by atoms with Crippen LogP contribution in [0.5, 0.6) is 0 Å². The molecule has 0 spiro atoms. The highest BCUT2D eigenvalue weighted by atomic mass is 16.5. The maximum absolute atomic E-state index is 11.0. The van der Waals surface area contributed by atoms with Crippen LogP contribution in [-0.4, -0.2) is 12.1 Å². The maximum atomic E-state index is 11.0. The van der Waals surface area contributed by atoms with Gasteiger partial charge in [-0.25, -0.2) is 0 Å². The van der Waals surface area contributed by atoms with Gasteiger partial charge in [0, 0.05) is 6.42 Å². The predicted octanol–water partition coefficient (Wildman–Crippen LogP) is 4.08. The number of unbranched alkanes of at least 4 members (excludes halogenated alkanes) is 5. The lowest BCUT2D eigenvalue weighted by Gasteiger charge is -2.12. The van der Waals surface area contributed by atoms with E-state index in [0.717, 1.165) is 6.42 Å². The summed E-state index contributed by atoms with van der Waals surface area (Å²) in [5, 5.41) is 0. The van der Waals surface area contributed by atoms with Gasteiger partial charge in [-0.3, -0.25) is 4.79 Å². The van der Waals surface area contributed by atoms with Crippen LogP contribution in [0.25, 0.3) is 0 Å². The summed E-state index contributed by atoms with van der Waals surface area (Å²) in [6.45, 7) is 6.05. The molecule has 0 rings (SSSR count). The molecule has 0 aromatic heterocycles. The number of hydrogen-bond acceptors (Lipinski definition) is 2. The lowest BCUT2D eigenvalue weighted by Crippen LogP contribution is -2.13. The topological polar surface area (TPSA) is 26.3 Å². The minimum atomic E-state index is -0.0755. The van der Waals surface area contributed by atoms with Crippen LogP contribution in [0.4, 0.5) is 0 Å². The fourth-order valence-corrected chi connectivity index (χ4v) is 1.58. The zero-order chi connectivity index (χ0) is 11.5. The van der Waals surface area contributed by atoms with Crippen molar-refractivity contribution in [2.75, 3.05) is 0 Å². The van der Waals surface area contributed by atoms with E-state index in [0.29, 0.717) is 6.42 Å². The van der Waals surface area contributed by atoms with Crippen LogP contribution in [-0.2, 0) is 9.53 Å². The van der Waals surface area contributed by atoms with Crippen molar-refractivity contribution in [2.24, 2.45) is 0 Å². The first kappa shape index (κ1) is 14.5. The van der Waals surface area contributed by atoms with Crippen LogP contribution in [0, 0.1) is 0 Å². The maximum Gasteiger partial charge on any atom is 0.305 e. The van der Waals surface area contributed by atoms with E-state index >= 15 is 0 Å². The lowest BCUT2D eigenvalue weighted by atomic mass is 10.1. The number of carbonyl (C=O) groups excluding carboxylic acids is 1. The van der Waals surface area contributed by atoms with Crippen LogP contribution in [0.3, 0.4) is 0 Å². The fourth-order valence-electron chi connectivity index (χ4n) is 1.58. The van der Waals surface area contributed by atoms with Gasteiger partial charge in [-0.1, -0.05) is 46.0 Å². The van der Waals surface area contributed by atoms with Gasteiger partial charge in [-0.15, -0.1) is 0 Å². The smallest absolute Gasteiger partial charge is 0.305 e. The molecule has 0 aromatic rings. The van der Waals surface area contributed by atoms with Gasteiger partial charge >= 0.3 is 5.97 Å². The SMILES string of the molecule is CCCCCCCCC(C)OC(=O)CC. The highest BCUT2D eigenvalue weighted by molar-refractivity contribution is 5.69. The van der Waals surface area contributed by atoms with E-state index in [2.05, 4.69) is 6.92 Å². The van der Waals surface area contributed by atoms with E-state index in [-0.39, 0.29) is 12.1 Å². The van der Waals surface area contributed by atoms with Crippen LogP contribution in [0.1, 0.15) is 72.1 Å². The van der Waals surface area contributed by atoms with Gasteiger partial charge in [0.15, 0.2) is 0 Å². The van der Waals surface area contributed by atoms with E-state index in [9.17, 15) is 4.79 Å². The number of rotatable bonds is 9. The summed E-state index contributed by atoms with van der Waals surface area (Å²) >= 11 is 0. The largest absolute Gasteiger partial charge is 0.463 e. The Morgan fingerprint density at radius 1 is 1.07 bits per heavy atom. The third-order valence-corrected chi connectivity index (χ3v) is 2.59. The second-order valence-electron chi connectivity index (χ2n) is 4.21. The Morgan fingerprint density at radius 3 is 2.27 bits per heavy atom. The molecule has 0 heterocycles. The highest BCUT2D eigenvalue weighted by Crippen LogP contribution is 2.10. The Bertz CT molecular complexity index is 155. The van der Waals surface area contributed by atoms with Gasteiger partial charge in [-0.2, -0.15) is 0 Å². The van der Waals surface area contributed by atoms with Gasteiger partial charge in [0.1, 0.15) is 0 Å².